The van der Waals surface area contributed by atoms with Gasteiger partial charge in [0.1, 0.15) is 11.5 Å². The molecule has 0 bridgehead atoms. The van der Waals surface area contributed by atoms with Gasteiger partial charge in [0, 0.05) is 4.88 Å². The van der Waals surface area contributed by atoms with E-state index in [1.165, 1.54) is 16.2 Å². The van der Waals surface area contributed by atoms with Crippen LogP contribution in [0.5, 0.6) is 0 Å². The number of esters is 1. The van der Waals surface area contributed by atoms with E-state index in [0.717, 1.165) is 51.0 Å². The van der Waals surface area contributed by atoms with Crippen LogP contribution in [0.15, 0.2) is 53.5 Å². The summed E-state index contributed by atoms with van der Waals surface area (Å²) in [7, 11) is 0. The number of anilines is 1. The van der Waals surface area contributed by atoms with Crippen LogP contribution in [0.2, 0.25) is 0 Å². The van der Waals surface area contributed by atoms with Gasteiger partial charge in [0.25, 0.3) is 0 Å². The van der Waals surface area contributed by atoms with Crippen LogP contribution < -0.4 is 10.1 Å². The van der Waals surface area contributed by atoms with Gasteiger partial charge in [-0.15, -0.1) is 11.3 Å². The Hall–Kier alpha value is -3.23. The molecule has 2 heterocycles. The highest BCUT2D eigenvalue weighted by Crippen LogP contribution is 2.39. The average molecular weight is 506 g/mol. The summed E-state index contributed by atoms with van der Waals surface area (Å²) in [5.41, 5.74) is 4.82. The van der Waals surface area contributed by atoms with Gasteiger partial charge in [-0.1, -0.05) is 47.7 Å². The highest BCUT2D eigenvalue weighted by atomic mass is 32.1. The predicted molar refractivity (Wildman–Crippen MR) is 141 cm³/mol. The Bertz CT molecular complexity index is 1460. The number of aryl methyl sites for hydroxylation is 2. The average Bonchev–Trinajstić information content (AvgIpc) is 3.51. The molecule has 180 valence electrons. The zero-order chi connectivity index (χ0) is 24.4. The van der Waals surface area contributed by atoms with E-state index in [2.05, 4.69) is 18.3 Å². The largest absolute Gasteiger partial charge is 0.462 e. The lowest BCUT2D eigenvalue weighted by molar-refractivity contribution is -0.116. The molecule has 1 amide bonds. The second-order valence-corrected chi connectivity index (χ2v) is 10.7. The lowest BCUT2D eigenvalue weighted by Gasteiger charge is -2.09. The van der Waals surface area contributed by atoms with Gasteiger partial charge in [-0.2, -0.15) is 0 Å². The first kappa shape index (κ1) is 23.5. The van der Waals surface area contributed by atoms with Gasteiger partial charge in [-0.3, -0.25) is 9.79 Å². The second-order valence-electron chi connectivity index (χ2n) is 8.57. The number of nitrogens with one attached hydrogen (secondary N) is 1. The maximum atomic E-state index is 13.3. The Kier molecular flexibility index (Phi) is 6.83. The number of carbonyl (C=O) groups is 2. The Labute approximate surface area is 211 Å². The number of thiazole rings is 1. The summed E-state index contributed by atoms with van der Waals surface area (Å²) in [6.07, 6.45) is 2.82. The third-order valence-corrected chi connectivity index (χ3v) is 8.32. The van der Waals surface area contributed by atoms with E-state index in [4.69, 9.17) is 9.73 Å². The predicted octanol–water partition coefficient (Wildman–Crippen LogP) is 5.48. The minimum absolute atomic E-state index is 0.113. The lowest BCUT2D eigenvalue weighted by atomic mass is 10.1. The van der Waals surface area contributed by atoms with E-state index in [1.54, 1.807) is 18.3 Å². The summed E-state index contributed by atoms with van der Waals surface area (Å²) in [5.74, 6) is -0.540. The number of ether oxygens (including phenoxy) is 1. The van der Waals surface area contributed by atoms with Gasteiger partial charge in [0.2, 0.25) is 5.91 Å². The summed E-state index contributed by atoms with van der Waals surface area (Å²) in [6.45, 7) is 4.81. The molecule has 0 fully saturated rings. The minimum atomic E-state index is -0.357. The number of aromatic nitrogens is 1. The van der Waals surface area contributed by atoms with Gasteiger partial charge < -0.3 is 14.6 Å². The molecular weight excluding hydrogens is 478 g/mol. The van der Waals surface area contributed by atoms with Crippen molar-refractivity contribution in [1.82, 2.24) is 4.57 Å². The van der Waals surface area contributed by atoms with Gasteiger partial charge in [0.05, 0.1) is 28.9 Å². The SMILES string of the molecule is CCOC(=O)c1c(NC(=O)Cn2c(=NCc3ccccc3)sc3cc(C)ccc32)sc2c1CCC2. The first-order valence-corrected chi connectivity index (χ1v) is 13.4. The number of thiophene rings is 1. The number of nitrogens with zero attached hydrogens (tertiary/aromatic N) is 2. The standard InChI is InChI=1S/C27H27N3O3S2/c1-3-33-26(32)24-19-10-7-11-21(19)34-25(24)29-23(31)16-30-20-13-12-17(2)14-22(20)35-27(30)28-15-18-8-5-4-6-9-18/h4-6,8-9,12-14H,3,7,10-11,15-16H2,1-2H3,(H,29,31). The summed E-state index contributed by atoms with van der Waals surface area (Å²) < 4.78 is 8.35. The summed E-state index contributed by atoms with van der Waals surface area (Å²) in [4.78, 5) is 32.8. The fraction of sp³-hybridized carbons (Fsp3) is 0.296. The normalized spacial score (nSPS) is 13.3. The molecule has 0 radical (unpaired) electrons. The van der Waals surface area contributed by atoms with Crippen LogP contribution in [-0.4, -0.2) is 23.1 Å². The quantitative estimate of drug-likeness (QED) is 0.338. The van der Waals surface area contributed by atoms with Crippen molar-refractivity contribution in [2.75, 3.05) is 11.9 Å². The molecule has 0 aliphatic heterocycles. The van der Waals surface area contributed by atoms with E-state index in [-0.39, 0.29) is 18.4 Å². The number of amides is 1. The first-order valence-electron chi connectivity index (χ1n) is 11.8. The summed E-state index contributed by atoms with van der Waals surface area (Å²) in [5, 5.41) is 3.61. The molecule has 4 aromatic rings. The molecule has 0 saturated heterocycles. The third-order valence-electron chi connectivity index (χ3n) is 6.03. The van der Waals surface area contributed by atoms with E-state index < -0.39 is 0 Å². The van der Waals surface area contributed by atoms with E-state index in [9.17, 15) is 9.59 Å². The molecule has 1 aliphatic rings. The molecular formula is C27H27N3O3S2. The van der Waals surface area contributed by atoms with Crippen molar-refractivity contribution in [2.45, 2.75) is 46.2 Å². The smallest absolute Gasteiger partial charge is 0.341 e. The number of fused-ring (bicyclic) bond motifs is 2. The number of rotatable bonds is 7. The zero-order valence-electron chi connectivity index (χ0n) is 19.8. The topological polar surface area (TPSA) is 72.7 Å². The van der Waals surface area contributed by atoms with Crippen molar-refractivity contribution < 1.29 is 14.3 Å². The van der Waals surface area contributed by atoms with Crippen LogP contribution in [0, 0.1) is 6.92 Å². The summed E-state index contributed by atoms with van der Waals surface area (Å²) in [6, 6.07) is 16.3. The van der Waals surface area contributed by atoms with E-state index >= 15 is 0 Å². The Morgan fingerprint density at radius 1 is 1.11 bits per heavy atom. The Morgan fingerprint density at radius 3 is 2.74 bits per heavy atom. The van der Waals surface area contributed by atoms with Crippen molar-refractivity contribution in [3.05, 3.63) is 80.5 Å². The molecule has 1 aliphatic carbocycles. The maximum Gasteiger partial charge on any atom is 0.341 e. The lowest BCUT2D eigenvalue weighted by Crippen LogP contribution is -2.25. The summed E-state index contributed by atoms with van der Waals surface area (Å²) >= 11 is 3.08. The first-order chi connectivity index (χ1) is 17.0. The molecule has 1 N–H and O–H groups in total. The van der Waals surface area contributed by atoms with Crippen molar-refractivity contribution in [3.63, 3.8) is 0 Å². The van der Waals surface area contributed by atoms with Crippen LogP contribution in [0.3, 0.4) is 0 Å². The van der Waals surface area contributed by atoms with Crippen molar-refractivity contribution >= 4 is 49.8 Å². The van der Waals surface area contributed by atoms with E-state index in [0.29, 0.717) is 23.7 Å². The van der Waals surface area contributed by atoms with Crippen LogP contribution in [0.1, 0.15) is 45.3 Å². The number of carbonyl (C=O) groups excluding carboxylic acids is 2. The molecule has 0 atom stereocenters. The van der Waals surface area contributed by atoms with Crippen LogP contribution in [0.4, 0.5) is 5.00 Å². The van der Waals surface area contributed by atoms with Gasteiger partial charge in [-0.05, 0) is 61.9 Å². The monoisotopic (exact) mass is 505 g/mol. The number of hydrogen-bond acceptors (Lipinski definition) is 6. The van der Waals surface area contributed by atoms with E-state index in [1.807, 2.05) is 47.0 Å². The number of benzene rings is 2. The fourth-order valence-corrected chi connectivity index (χ4v) is 6.84. The van der Waals surface area contributed by atoms with Gasteiger partial charge in [0.15, 0.2) is 4.80 Å². The molecule has 8 heteroatoms. The molecule has 5 rings (SSSR count). The molecule has 0 unspecified atom stereocenters. The third kappa shape index (κ3) is 4.94. The molecule has 35 heavy (non-hydrogen) atoms. The Balaban J connectivity index is 1.46. The second kappa shape index (κ2) is 10.2. The zero-order valence-corrected chi connectivity index (χ0v) is 21.4. The highest BCUT2D eigenvalue weighted by molar-refractivity contribution is 7.17. The van der Waals surface area contributed by atoms with Crippen molar-refractivity contribution in [3.8, 4) is 0 Å². The number of hydrogen-bond donors (Lipinski definition) is 1. The van der Waals surface area contributed by atoms with Gasteiger partial charge in [-0.25, -0.2) is 4.79 Å². The molecule has 2 aromatic carbocycles. The van der Waals surface area contributed by atoms with Crippen molar-refractivity contribution in [2.24, 2.45) is 4.99 Å². The Morgan fingerprint density at radius 2 is 1.94 bits per heavy atom. The highest BCUT2D eigenvalue weighted by Gasteiger charge is 2.28. The molecule has 0 saturated carbocycles. The molecule has 6 nitrogen and oxygen atoms in total. The molecule has 2 aromatic heterocycles. The molecule has 0 spiro atoms. The minimum Gasteiger partial charge on any atom is -0.462 e. The fourth-order valence-electron chi connectivity index (χ4n) is 4.42. The maximum absolute atomic E-state index is 13.3. The van der Waals surface area contributed by atoms with Gasteiger partial charge >= 0.3 is 5.97 Å². The van der Waals surface area contributed by atoms with Crippen LogP contribution >= 0.6 is 22.7 Å². The van der Waals surface area contributed by atoms with Crippen LogP contribution in [-0.2, 0) is 35.5 Å². The van der Waals surface area contributed by atoms with Crippen molar-refractivity contribution in [1.29, 1.82) is 0 Å². The van der Waals surface area contributed by atoms with Crippen LogP contribution in [0.25, 0.3) is 10.2 Å².